The van der Waals surface area contributed by atoms with E-state index in [0.29, 0.717) is 0 Å². The zero-order chi connectivity index (χ0) is 17.3. The van der Waals surface area contributed by atoms with Crippen LogP contribution in [-0.4, -0.2) is 25.3 Å². The molecular weight excluding hydrogens is 368 g/mol. The van der Waals surface area contributed by atoms with Gasteiger partial charge in [0.1, 0.15) is 16.2 Å². The largest absolute Gasteiger partial charge is 0.433 e. The second-order valence-corrected chi connectivity index (χ2v) is 6.58. The van der Waals surface area contributed by atoms with E-state index in [1.807, 2.05) is 0 Å². The Labute approximate surface area is 139 Å². The lowest BCUT2D eigenvalue weighted by molar-refractivity contribution is -0.0497. The third-order valence-electron chi connectivity index (χ3n) is 2.94. The van der Waals surface area contributed by atoms with E-state index >= 15 is 0 Å². The molecule has 1 N–H and O–H groups in total. The summed E-state index contributed by atoms with van der Waals surface area (Å²) < 4.78 is 60.3. The number of benzene rings is 2. The molecule has 3 rings (SSSR count). The number of hydrogen-bond acceptors (Lipinski definition) is 6. The minimum absolute atomic E-state index is 0.0637. The van der Waals surface area contributed by atoms with Crippen LogP contribution < -0.4 is 9.46 Å². The Morgan fingerprint density at radius 3 is 2.71 bits per heavy atom. The predicted octanol–water partition coefficient (Wildman–Crippen LogP) is 3.28. The van der Waals surface area contributed by atoms with Crippen molar-refractivity contribution >= 4 is 38.3 Å². The summed E-state index contributed by atoms with van der Waals surface area (Å²) in [6, 6.07) is 7.86. The van der Waals surface area contributed by atoms with Crippen LogP contribution in [0.25, 0.3) is 11.0 Å². The van der Waals surface area contributed by atoms with Gasteiger partial charge in [-0.1, -0.05) is 17.7 Å². The van der Waals surface area contributed by atoms with Gasteiger partial charge in [-0.2, -0.15) is 8.78 Å². The van der Waals surface area contributed by atoms with Gasteiger partial charge >= 0.3 is 6.61 Å². The number of fused-ring (bicyclic) bond motifs is 1. The van der Waals surface area contributed by atoms with E-state index in [2.05, 4.69) is 24.4 Å². The minimum Gasteiger partial charge on any atom is -0.433 e. The summed E-state index contributed by atoms with van der Waals surface area (Å²) in [5.41, 5.74) is 0.403. The molecule has 11 heteroatoms. The number of ether oxygens (including phenoxy) is 1. The van der Waals surface area contributed by atoms with E-state index in [4.69, 9.17) is 11.6 Å². The molecule has 0 atom stereocenters. The van der Waals surface area contributed by atoms with E-state index in [0.717, 1.165) is 12.1 Å². The van der Waals surface area contributed by atoms with Gasteiger partial charge in [-0.25, -0.2) is 13.0 Å². The van der Waals surface area contributed by atoms with Gasteiger partial charge in [0.05, 0.1) is 10.7 Å². The lowest BCUT2D eigenvalue weighted by atomic mass is 10.3. The van der Waals surface area contributed by atoms with Crippen molar-refractivity contribution in [2.24, 2.45) is 0 Å². The molecule has 24 heavy (non-hydrogen) atoms. The van der Waals surface area contributed by atoms with Crippen molar-refractivity contribution in [1.29, 1.82) is 0 Å². The Balaban J connectivity index is 1.92. The number of rotatable bonds is 5. The lowest BCUT2D eigenvalue weighted by Gasteiger charge is -2.11. The molecule has 0 spiro atoms. The smallest absolute Gasteiger partial charge is 0.387 e. The molecule has 0 aliphatic rings. The third-order valence-corrected chi connectivity index (χ3v) is 4.65. The first-order valence-electron chi connectivity index (χ1n) is 6.35. The maximum Gasteiger partial charge on any atom is 0.387 e. The maximum absolute atomic E-state index is 12.5. The Bertz CT molecular complexity index is 994. The van der Waals surface area contributed by atoms with Gasteiger partial charge in [-0.15, -0.1) is 0 Å². The summed E-state index contributed by atoms with van der Waals surface area (Å²) in [5, 5.41) is 6.95. The van der Waals surface area contributed by atoms with Gasteiger partial charge in [0.25, 0.3) is 10.0 Å². The van der Waals surface area contributed by atoms with Crippen LogP contribution in [0, 0.1) is 0 Å². The van der Waals surface area contributed by atoms with Crippen LogP contribution in [0.15, 0.2) is 45.9 Å². The number of anilines is 1. The second kappa shape index (κ2) is 6.21. The fraction of sp³-hybridized carbons (Fsp3) is 0.0769. The summed E-state index contributed by atoms with van der Waals surface area (Å²) in [5.74, 6) is -0.266. The van der Waals surface area contributed by atoms with Crippen molar-refractivity contribution in [3.8, 4) is 5.75 Å². The molecule has 0 saturated carbocycles. The fourth-order valence-electron chi connectivity index (χ4n) is 1.96. The molecule has 0 aliphatic carbocycles. The monoisotopic (exact) mass is 375 g/mol. The first kappa shape index (κ1) is 16.4. The van der Waals surface area contributed by atoms with Gasteiger partial charge in [-0.05, 0) is 40.6 Å². The van der Waals surface area contributed by atoms with Gasteiger partial charge < -0.3 is 4.74 Å². The van der Waals surface area contributed by atoms with Crippen molar-refractivity contribution in [3.63, 3.8) is 0 Å². The molecule has 0 bridgehead atoms. The highest BCUT2D eigenvalue weighted by Crippen LogP contribution is 2.30. The molecule has 0 unspecified atom stereocenters. The van der Waals surface area contributed by atoms with Crippen LogP contribution in [0.3, 0.4) is 0 Å². The topological polar surface area (TPSA) is 94.3 Å². The van der Waals surface area contributed by atoms with Crippen LogP contribution in [0.4, 0.5) is 14.5 Å². The standard InChI is InChI=1S/C13H8ClF2N3O4S/c14-8-6-7(4-5-10(8)22-13(15)16)19-24(20,21)11-3-1-2-9-12(11)18-23-17-9/h1-6,13,19H. The average molecular weight is 376 g/mol. The van der Waals surface area contributed by atoms with E-state index in [1.54, 1.807) is 0 Å². The van der Waals surface area contributed by atoms with Crippen molar-refractivity contribution < 1.29 is 26.6 Å². The molecule has 1 heterocycles. The molecule has 3 aromatic rings. The summed E-state index contributed by atoms with van der Waals surface area (Å²) in [6.45, 7) is -3.04. The van der Waals surface area contributed by atoms with Gasteiger partial charge in [0.15, 0.2) is 5.52 Å². The summed E-state index contributed by atoms with van der Waals surface area (Å²) in [4.78, 5) is -0.148. The van der Waals surface area contributed by atoms with Gasteiger partial charge in [-0.3, -0.25) is 4.72 Å². The van der Waals surface area contributed by atoms with E-state index in [1.165, 1.54) is 24.3 Å². The molecule has 0 aliphatic heterocycles. The maximum atomic E-state index is 12.5. The lowest BCUT2D eigenvalue weighted by Crippen LogP contribution is -2.13. The van der Waals surface area contributed by atoms with Crippen LogP contribution in [0.5, 0.6) is 5.75 Å². The quantitative estimate of drug-likeness (QED) is 0.735. The van der Waals surface area contributed by atoms with Crippen molar-refractivity contribution in [1.82, 2.24) is 10.3 Å². The van der Waals surface area contributed by atoms with Gasteiger partial charge in [0.2, 0.25) is 0 Å². The Kier molecular flexibility index (Phi) is 4.24. The van der Waals surface area contributed by atoms with E-state index in [9.17, 15) is 17.2 Å². The van der Waals surface area contributed by atoms with Crippen molar-refractivity contribution in [2.75, 3.05) is 4.72 Å². The average Bonchev–Trinajstić information content (AvgIpc) is 2.97. The summed E-state index contributed by atoms with van der Waals surface area (Å²) in [7, 11) is -4.02. The van der Waals surface area contributed by atoms with Crippen LogP contribution >= 0.6 is 11.6 Å². The number of halogens is 3. The van der Waals surface area contributed by atoms with Crippen molar-refractivity contribution in [2.45, 2.75) is 11.5 Å². The molecule has 0 saturated heterocycles. The third kappa shape index (κ3) is 3.24. The molecule has 0 amide bonds. The zero-order valence-corrected chi connectivity index (χ0v) is 13.2. The van der Waals surface area contributed by atoms with Crippen LogP contribution in [0.1, 0.15) is 0 Å². The molecule has 126 valence electrons. The summed E-state index contributed by atoms with van der Waals surface area (Å²) >= 11 is 5.80. The number of sulfonamides is 1. The van der Waals surface area contributed by atoms with E-state index < -0.39 is 16.6 Å². The molecule has 0 radical (unpaired) electrons. The molecular formula is C13H8ClF2N3O4S. The van der Waals surface area contributed by atoms with E-state index in [-0.39, 0.29) is 32.4 Å². The molecule has 1 aromatic heterocycles. The second-order valence-electron chi connectivity index (χ2n) is 4.52. The van der Waals surface area contributed by atoms with Crippen molar-refractivity contribution in [3.05, 3.63) is 41.4 Å². The minimum atomic E-state index is -4.02. The van der Waals surface area contributed by atoms with Crippen LogP contribution in [-0.2, 0) is 10.0 Å². The highest BCUT2D eigenvalue weighted by atomic mass is 35.5. The predicted molar refractivity (Wildman–Crippen MR) is 80.7 cm³/mol. The SMILES string of the molecule is O=S(=O)(Nc1ccc(OC(F)F)c(Cl)c1)c1cccc2nonc12. The molecule has 7 nitrogen and oxygen atoms in total. The number of nitrogens with zero attached hydrogens (tertiary/aromatic N) is 2. The first-order chi connectivity index (χ1) is 11.4. The Morgan fingerprint density at radius 1 is 1.21 bits per heavy atom. The molecule has 0 fully saturated rings. The van der Waals surface area contributed by atoms with Gasteiger partial charge in [0, 0.05) is 0 Å². The summed E-state index contributed by atoms with van der Waals surface area (Å²) in [6.07, 6.45) is 0. The number of nitrogens with one attached hydrogen (secondary N) is 1. The Hall–Kier alpha value is -2.46. The normalized spacial score (nSPS) is 11.8. The highest BCUT2D eigenvalue weighted by Gasteiger charge is 2.21. The first-order valence-corrected chi connectivity index (χ1v) is 8.21. The zero-order valence-electron chi connectivity index (χ0n) is 11.6. The number of hydrogen-bond donors (Lipinski definition) is 1. The fourth-order valence-corrected chi connectivity index (χ4v) is 3.39. The van der Waals surface area contributed by atoms with Crippen LogP contribution in [0.2, 0.25) is 5.02 Å². The Morgan fingerprint density at radius 2 is 2.00 bits per heavy atom. The number of aromatic nitrogens is 2. The highest BCUT2D eigenvalue weighted by molar-refractivity contribution is 7.93. The number of alkyl halides is 2. The molecule has 2 aromatic carbocycles.